The molecule has 4 nitrogen and oxygen atoms in total. The van der Waals surface area contributed by atoms with Gasteiger partial charge in [0.2, 0.25) is 0 Å². The number of aryl methyl sites for hydroxylation is 1. The largest absolute Gasteiger partial charge is 0.466 e. The maximum absolute atomic E-state index is 12.6. The van der Waals surface area contributed by atoms with Crippen LogP contribution in [0, 0.1) is 5.92 Å². The van der Waals surface area contributed by atoms with E-state index < -0.39 is 5.97 Å². The molecule has 0 bridgehead atoms. The van der Waals surface area contributed by atoms with Crippen LogP contribution in [-0.4, -0.2) is 24.6 Å². The van der Waals surface area contributed by atoms with Crippen LogP contribution in [0.4, 0.5) is 0 Å². The molecule has 24 heavy (non-hydrogen) atoms. The van der Waals surface area contributed by atoms with E-state index in [1.54, 1.807) is 0 Å². The molecule has 0 amide bonds. The lowest BCUT2D eigenvalue weighted by Gasteiger charge is -2.35. The zero-order valence-corrected chi connectivity index (χ0v) is 14.5. The van der Waals surface area contributed by atoms with Crippen LogP contribution in [0.1, 0.15) is 50.2 Å². The second-order valence-electron chi connectivity index (χ2n) is 6.46. The van der Waals surface area contributed by atoms with Gasteiger partial charge in [-0.15, -0.1) is 0 Å². The third-order valence-corrected chi connectivity index (χ3v) is 5.06. The zero-order valence-electron chi connectivity index (χ0n) is 14.5. The molecule has 1 aromatic rings. The van der Waals surface area contributed by atoms with E-state index in [1.807, 2.05) is 19.1 Å². The number of aliphatic imine (C=N–C) groups is 1. The Labute approximate surface area is 142 Å². The molecule has 1 fully saturated rings. The maximum atomic E-state index is 12.6. The van der Waals surface area contributed by atoms with E-state index in [1.165, 1.54) is 12.7 Å². The second-order valence-corrected chi connectivity index (χ2v) is 6.46. The Kier molecular flexibility index (Phi) is 4.65. The minimum atomic E-state index is -0.391. The lowest BCUT2D eigenvalue weighted by molar-refractivity contribution is -0.136. The molecule has 1 aliphatic heterocycles. The number of benzene rings is 1. The summed E-state index contributed by atoms with van der Waals surface area (Å²) in [5.41, 5.74) is 4.33. The van der Waals surface area contributed by atoms with Crippen molar-refractivity contribution in [3.63, 3.8) is 0 Å². The van der Waals surface area contributed by atoms with Gasteiger partial charge in [-0.25, -0.2) is 4.79 Å². The topological polar surface area (TPSA) is 55.7 Å². The lowest BCUT2D eigenvalue weighted by atomic mass is 9.69. The van der Waals surface area contributed by atoms with Crippen LogP contribution >= 0.6 is 0 Å². The fourth-order valence-electron chi connectivity index (χ4n) is 3.82. The first-order valence-electron chi connectivity index (χ1n) is 8.55. The fourth-order valence-corrected chi connectivity index (χ4v) is 3.82. The number of esters is 1. The zero-order chi connectivity index (χ0) is 17.3. The Morgan fingerprint density at radius 2 is 1.92 bits per heavy atom. The van der Waals surface area contributed by atoms with E-state index in [-0.39, 0.29) is 17.6 Å². The Morgan fingerprint density at radius 3 is 2.54 bits per heavy atom. The average molecular weight is 325 g/mol. The third-order valence-electron chi connectivity index (χ3n) is 5.06. The Hall–Kier alpha value is -2.23. The predicted octanol–water partition coefficient (Wildman–Crippen LogP) is 3.60. The minimum absolute atomic E-state index is 0.179. The number of hydrogen-bond donors (Lipinski definition) is 0. The smallest absolute Gasteiger partial charge is 0.336 e. The summed E-state index contributed by atoms with van der Waals surface area (Å²) in [6.07, 6.45) is 3.18. The first-order valence-corrected chi connectivity index (χ1v) is 8.55. The number of ketones is 1. The Bertz CT molecular complexity index is 728. The van der Waals surface area contributed by atoms with E-state index >= 15 is 0 Å². The van der Waals surface area contributed by atoms with Crippen molar-refractivity contribution >= 4 is 17.5 Å². The summed E-state index contributed by atoms with van der Waals surface area (Å²) >= 11 is 0. The van der Waals surface area contributed by atoms with Crippen LogP contribution in [0.25, 0.3) is 0 Å². The van der Waals surface area contributed by atoms with Crippen LogP contribution in [0.3, 0.4) is 0 Å². The molecule has 1 heterocycles. The normalized spacial score (nSPS) is 23.6. The monoisotopic (exact) mass is 325 g/mol. The van der Waals surface area contributed by atoms with Crippen molar-refractivity contribution in [2.24, 2.45) is 10.9 Å². The van der Waals surface area contributed by atoms with Crippen molar-refractivity contribution in [1.29, 1.82) is 0 Å². The number of hydrogen-bond acceptors (Lipinski definition) is 4. The molecule has 0 aromatic heterocycles. The van der Waals surface area contributed by atoms with Crippen LogP contribution in [-0.2, 0) is 20.7 Å². The molecule has 1 unspecified atom stereocenters. The molecule has 0 N–H and O–H groups in total. The Morgan fingerprint density at radius 1 is 1.21 bits per heavy atom. The van der Waals surface area contributed by atoms with Gasteiger partial charge in [-0.3, -0.25) is 9.79 Å². The van der Waals surface area contributed by atoms with Crippen LogP contribution in [0.5, 0.6) is 0 Å². The predicted molar refractivity (Wildman–Crippen MR) is 93.1 cm³/mol. The highest BCUT2D eigenvalue weighted by atomic mass is 16.5. The number of fused-ring (bicyclic) bond motifs is 1. The number of ether oxygens (including phenoxy) is 1. The van der Waals surface area contributed by atoms with Gasteiger partial charge >= 0.3 is 5.97 Å². The first-order chi connectivity index (χ1) is 11.6. The molecule has 2 aliphatic rings. The van der Waals surface area contributed by atoms with Gasteiger partial charge in [-0.05, 0) is 37.3 Å². The summed E-state index contributed by atoms with van der Waals surface area (Å²) in [6.45, 7) is 3.94. The highest BCUT2D eigenvalue weighted by Gasteiger charge is 2.43. The molecule has 1 saturated carbocycles. The van der Waals surface area contributed by atoms with Crippen molar-refractivity contribution < 1.29 is 14.3 Å². The highest BCUT2D eigenvalue weighted by molar-refractivity contribution is 6.11. The van der Waals surface area contributed by atoms with Crippen molar-refractivity contribution in [2.45, 2.75) is 45.4 Å². The molecule has 1 aromatic carbocycles. The molecule has 3 rings (SSSR count). The molecule has 0 saturated heterocycles. The van der Waals surface area contributed by atoms with Crippen molar-refractivity contribution in [3.05, 3.63) is 46.7 Å². The summed E-state index contributed by atoms with van der Waals surface area (Å²) in [4.78, 5) is 29.6. The minimum Gasteiger partial charge on any atom is -0.466 e. The van der Waals surface area contributed by atoms with Gasteiger partial charge < -0.3 is 4.74 Å². The summed E-state index contributed by atoms with van der Waals surface area (Å²) in [7, 11) is 1.38. The van der Waals surface area contributed by atoms with E-state index in [2.05, 4.69) is 24.0 Å². The van der Waals surface area contributed by atoms with Crippen LogP contribution < -0.4 is 0 Å². The molecule has 126 valence electrons. The summed E-state index contributed by atoms with van der Waals surface area (Å²) in [6, 6.07) is 8.20. The standard InChI is InChI=1S/C20H23NO3/c1-4-13-8-10-14(11-9-13)18-17(20(23)24-3)12(2)21-15-6-5-7-16(22)19(15)18/h8-11,18-19H,4-7H2,1-3H3/t18-,19?/m1/s1. The summed E-state index contributed by atoms with van der Waals surface area (Å²) in [5, 5.41) is 0. The van der Waals surface area contributed by atoms with Crippen molar-refractivity contribution in [2.75, 3.05) is 7.11 Å². The number of Topliss-reactive ketones (excluding diaryl/α,β-unsaturated/α-hetero) is 1. The van der Waals surface area contributed by atoms with Crippen LogP contribution in [0.2, 0.25) is 0 Å². The summed E-state index contributed by atoms with van der Waals surface area (Å²) in [5.74, 6) is -0.829. The lowest BCUT2D eigenvalue weighted by Crippen LogP contribution is -2.39. The van der Waals surface area contributed by atoms with Gasteiger partial charge in [0.25, 0.3) is 0 Å². The van der Waals surface area contributed by atoms with Gasteiger partial charge in [0.05, 0.1) is 18.6 Å². The average Bonchev–Trinajstić information content (AvgIpc) is 2.60. The maximum Gasteiger partial charge on any atom is 0.336 e. The number of nitrogens with zero attached hydrogens (tertiary/aromatic N) is 1. The number of allylic oxidation sites excluding steroid dienone is 1. The molecule has 1 aliphatic carbocycles. The third kappa shape index (κ3) is 2.81. The second kappa shape index (κ2) is 6.71. The highest BCUT2D eigenvalue weighted by Crippen LogP contribution is 2.43. The van der Waals surface area contributed by atoms with E-state index in [0.717, 1.165) is 30.5 Å². The fraction of sp³-hybridized carbons (Fsp3) is 0.450. The van der Waals surface area contributed by atoms with Gasteiger partial charge in [0.15, 0.2) is 0 Å². The first kappa shape index (κ1) is 16.6. The molecular formula is C20H23NO3. The molecule has 0 spiro atoms. The molecular weight excluding hydrogens is 302 g/mol. The van der Waals surface area contributed by atoms with Gasteiger partial charge in [0, 0.05) is 23.7 Å². The van der Waals surface area contributed by atoms with Crippen molar-refractivity contribution in [3.8, 4) is 0 Å². The van der Waals surface area contributed by atoms with E-state index in [4.69, 9.17) is 4.74 Å². The number of methoxy groups -OCH3 is 1. The number of rotatable bonds is 3. The molecule has 0 radical (unpaired) electrons. The van der Waals surface area contributed by atoms with Crippen molar-refractivity contribution in [1.82, 2.24) is 0 Å². The van der Waals surface area contributed by atoms with Gasteiger partial charge in [0.1, 0.15) is 5.78 Å². The molecule has 4 heteroatoms. The van der Waals surface area contributed by atoms with Gasteiger partial charge in [-0.1, -0.05) is 31.2 Å². The molecule has 2 atom stereocenters. The van der Waals surface area contributed by atoms with E-state index in [9.17, 15) is 9.59 Å². The SMILES string of the molecule is CCc1ccc([C@@H]2C(C(=O)OC)=C(C)N=C3CCCC(=O)C32)cc1. The summed E-state index contributed by atoms with van der Waals surface area (Å²) < 4.78 is 4.99. The Balaban J connectivity index is 2.13. The van der Waals surface area contributed by atoms with Gasteiger partial charge in [-0.2, -0.15) is 0 Å². The van der Waals surface area contributed by atoms with Crippen LogP contribution in [0.15, 0.2) is 40.5 Å². The quantitative estimate of drug-likeness (QED) is 0.798. The number of carbonyl (C=O) groups is 2. The van der Waals surface area contributed by atoms with E-state index in [0.29, 0.717) is 17.7 Å². The number of carbonyl (C=O) groups excluding carboxylic acids is 2.